The van der Waals surface area contributed by atoms with Gasteiger partial charge in [-0.2, -0.15) is 9.97 Å². The Bertz CT molecular complexity index is 1420. The number of amides is 1. The summed E-state index contributed by atoms with van der Waals surface area (Å²) in [6, 6.07) is 13.8. The van der Waals surface area contributed by atoms with Gasteiger partial charge in [0.25, 0.3) is 0 Å². The summed E-state index contributed by atoms with van der Waals surface area (Å²) >= 11 is 0. The number of carbonyl (C=O) groups is 1. The normalized spacial score (nSPS) is 23.3. The maximum absolute atomic E-state index is 12.3. The Morgan fingerprint density at radius 2 is 2.00 bits per heavy atom. The fourth-order valence-electron chi connectivity index (χ4n) is 6.52. The number of ether oxygens (including phenoxy) is 2. The molecule has 0 N–H and O–H groups in total. The van der Waals surface area contributed by atoms with Crippen LogP contribution < -0.4 is 9.64 Å². The van der Waals surface area contributed by atoms with Crippen molar-refractivity contribution in [1.29, 1.82) is 0 Å². The smallest absolute Gasteiger partial charge is 0.318 e. The van der Waals surface area contributed by atoms with Crippen LogP contribution in [0.2, 0.25) is 0 Å². The largest absolute Gasteiger partial charge is 0.462 e. The van der Waals surface area contributed by atoms with Crippen LogP contribution in [0.25, 0.3) is 10.8 Å². The number of anilines is 1. The van der Waals surface area contributed by atoms with Gasteiger partial charge in [0.1, 0.15) is 12.4 Å². The molecule has 0 aliphatic carbocycles. The summed E-state index contributed by atoms with van der Waals surface area (Å²) in [6.07, 6.45) is 4.26. The molecule has 0 bridgehead atoms. The van der Waals surface area contributed by atoms with Crippen molar-refractivity contribution >= 4 is 22.5 Å². The molecule has 2 fully saturated rings. The van der Waals surface area contributed by atoms with E-state index in [1.54, 1.807) is 0 Å². The van der Waals surface area contributed by atoms with E-state index < -0.39 is 0 Å². The molecule has 6 rings (SSSR count). The molecule has 1 aromatic heterocycles. The number of benzene rings is 2. The van der Waals surface area contributed by atoms with Gasteiger partial charge in [-0.05, 0) is 68.3 Å². The first-order valence-corrected chi connectivity index (χ1v) is 14.4. The second kappa shape index (κ2) is 11.2. The molecule has 0 radical (unpaired) electrons. The molecular formula is C32H39N5O3. The summed E-state index contributed by atoms with van der Waals surface area (Å²) in [5.41, 5.74) is 4.45. The van der Waals surface area contributed by atoms with Crippen LogP contribution in [0.5, 0.6) is 6.01 Å². The van der Waals surface area contributed by atoms with Gasteiger partial charge in [0.05, 0.1) is 18.4 Å². The number of aromatic nitrogens is 2. The highest BCUT2D eigenvalue weighted by atomic mass is 16.5. The quantitative estimate of drug-likeness (QED) is 0.427. The van der Waals surface area contributed by atoms with E-state index in [-0.39, 0.29) is 18.1 Å². The number of likely N-dealkylation sites (N-methyl/N-ethyl adjacent to an activating group) is 1. The van der Waals surface area contributed by atoms with Gasteiger partial charge in [-0.15, -0.1) is 0 Å². The van der Waals surface area contributed by atoms with E-state index in [9.17, 15) is 4.79 Å². The minimum Gasteiger partial charge on any atom is -0.462 e. The maximum atomic E-state index is 12.3. The lowest BCUT2D eigenvalue weighted by Gasteiger charge is -2.41. The molecule has 40 heavy (non-hydrogen) atoms. The van der Waals surface area contributed by atoms with Gasteiger partial charge in [0, 0.05) is 43.7 Å². The number of carbonyl (C=O) groups excluding carboxylic acids is 1. The second-order valence-electron chi connectivity index (χ2n) is 11.4. The second-order valence-corrected chi connectivity index (χ2v) is 11.4. The van der Waals surface area contributed by atoms with Crippen molar-refractivity contribution in [2.75, 3.05) is 44.7 Å². The van der Waals surface area contributed by atoms with Crippen LogP contribution in [0.4, 0.5) is 5.82 Å². The SMILES string of the molecule is C=CC(=O)N1CCN(c2nc(OC[C@@H]3CCCN3C)nc3c2CO[C@@H](c2cccc4cccc(C)c24)C3)[C@@H](C)C1. The first kappa shape index (κ1) is 26.7. The number of fused-ring (bicyclic) bond motifs is 2. The van der Waals surface area contributed by atoms with Gasteiger partial charge < -0.3 is 24.2 Å². The predicted molar refractivity (Wildman–Crippen MR) is 157 cm³/mol. The van der Waals surface area contributed by atoms with Gasteiger partial charge in [-0.3, -0.25) is 4.79 Å². The number of hydrogen-bond donors (Lipinski definition) is 0. The summed E-state index contributed by atoms with van der Waals surface area (Å²) in [5, 5.41) is 2.48. The zero-order chi connectivity index (χ0) is 27.8. The third-order valence-electron chi connectivity index (χ3n) is 8.81. The minimum atomic E-state index is -0.103. The highest BCUT2D eigenvalue weighted by molar-refractivity contribution is 5.89. The van der Waals surface area contributed by atoms with Gasteiger partial charge in [-0.1, -0.05) is 43.0 Å². The Hall–Kier alpha value is -3.49. The lowest BCUT2D eigenvalue weighted by atomic mass is 9.92. The van der Waals surface area contributed by atoms with Crippen molar-refractivity contribution in [1.82, 2.24) is 19.8 Å². The zero-order valence-corrected chi connectivity index (χ0v) is 23.8. The number of hydrogen-bond acceptors (Lipinski definition) is 7. The number of nitrogens with zero attached hydrogens (tertiary/aromatic N) is 5. The Balaban J connectivity index is 1.33. The van der Waals surface area contributed by atoms with Crippen LogP contribution in [0, 0.1) is 6.92 Å². The van der Waals surface area contributed by atoms with Crippen LogP contribution in [0.1, 0.15) is 48.3 Å². The molecule has 4 heterocycles. The third kappa shape index (κ3) is 5.06. The highest BCUT2D eigenvalue weighted by Crippen LogP contribution is 2.39. The Morgan fingerprint density at radius 1 is 1.18 bits per heavy atom. The maximum Gasteiger partial charge on any atom is 0.318 e. The van der Waals surface area contributed by atoms with Gasteiger partial charge >= 0.3 is 6.01 Å². The van der Waals surface area contributed by atoms with Crippen LogP contribution in [0.15, 0.2) is 49.1 Å². The van der Waals surface area contributed by atoms with E-state index in [0.717, 1.165) is 30.0 Å². The third-order valence-corrected chi connectivity index (χ3v) is 8.81. The summed E-state index contributed by atoms with van der Waals surface area (Å²) in [7, 11) is 2.15. The number of rotatable bonds is 6. The van der Waals surface area contributed by atoms with Crippen molar-refractivity contribution in [2.24, 2.45) is 0 Å². The van der Waals surface area contributed by atoms with Gasteiger partial charge in [0.15, 0.2) is 0 Å². The molecule has 2 aromatic carbocycles. The van der Waals surface area contributed by atoms with E-state index in [0.29, 0.717) is 51.3 Å². The number of aryl methyl sites for hydroxylation is 1. The monoisotopic (exact) mass is 541 g/mol. The summed E-state index contributed by atoms with van der Waals surface area (Å²) in [6.45, 7) is 12.0. The first-order valence-electron chi connectivity index (χ1n) is 14.4. The first-order chi connectivity index (χ1) is 19.4. The topological polar surface area (TPSA) is 71.0 Å². The molecule has 0 unspecified atom stereocenters. The average Bonchev–Trinajstić information content (AvgIpc) is 3.39. The van der Waals surface area contributed by atoms with Crippen molar-refractivity contribution in [3.05, 3.63) is 71.4 Å². The van der Waals surface area contributed by atoms with Crippen LogP contribution in [-0.2, 0) is 22.6 Å². The van der Waals surface area contributed by atoms with Crippen molar-refractivity contribution in [3.63, 3.8) is 0 Å². The van der Waals surface area contributed by atoms with E-state index in [1.165, 1.54) is 34.4 Å². The number of piperazine rings is 1. The molecule has 8 heteroatoms. The van der Waals surface area contributed by atoms with E-state index in [1.807, 2.05) is 4.90 Å². The highest BCUT2D eigenvalue weighted by Gasteiger charge is 2.33. The molecule has 8 nitrogen and oxygen atoms in total. The van der Waals surface area contributed by atoms with Crippen molar-refractivity contribution < 1.29 is 14.3 Å². The van der Waals surface area contributed by atoms with Gasteiger partial charge in [-0.25, -0.2) is 0 Å². The lowest BCUT2D eigenvalue weighted by Crippen LogP contribution is -2.54. The van der Waals surface area contributed by atoms with Crippen LogP contribution >= 0.6 is 0 Å². The van der Waals surface area contributed by atoms with Crippen LogP contribution in [-0.4, -0.2) is 77.6 Å². The molecule has 3 aliphatic heterocycles. The van der Waals surface area contributed by atoms with Gasteiger partial charge in [0.2, 0.25) is 5.91 Å². The standard InChI is InChI=1S/C32H39N5O3/c1-5-29(38)36-15-16-37(22(3)18-36)31-26-20-39-28(25-13-7-11-23-10-6-9-21(2)30(23)25)17-27(26)33-32(34-31)40-19-24-12-8-14-35(24)4/h5-7,9-11,13,22,24,28H,1,8,12,14-20H2,2-4H3/t22-,24-,28+/m0/s1. The van der Waals surface area contributed by atoms with E-state index in [2.05, 4.69) is 73.7 Å². The minimum absolute atomic E-state index is 0.0301. The molecule has 3 atom stereocenters. The van der Waals surface area contributed by atoms with Crippen molar-refractivity contribution in [2.45, 2.75) is 57.9 Å². The summed E-state index contributed by atoms with van der Waals surface area (Å²) < 4.78 is 12.9. The Labute approximate surface area is 236 Å². The molecule has 0 saturated carbocycles. The summed E-state index contributed by atoms with van der Waals surface area (Å²) in [4.78, 5) is 28.7. The molecule has 2 saturated heterocycles. The lowest BCUT2D eigenvalue weighted by molar-refractivity contribution is -0.126. The summed E-state index contributed by atoms with van der Waals surface area (Å²) in [5.74, 6) is 0.836. The molecule has 210 valence electrons. The van der Waals surface area contributed by atoms with E-state index >= 15 is 0 Å². The van der Waals surface area contributed by atoms with Crippen LogP contribution in [0.3, 0.4) is 0 Å². The molecular weight excluding hydrogens is 502 g/mol. The van der Waals surface area contributed by atoms with Crippen molar-refractivity contribution in [3.8, 4) is 6.01 Å². The Morgan fingerprint density at radius 3 is 2.75 bits per heavy atom. The fraction of sp³-hybridized carbons (Fsp3) is 0.469. The molecule has 3 aromatic rings. The fourth-order valence-corrected chi connectivity index (χ4v) is 6.52. The zero-order valence-electron chi connectivity index (χ0n) is 23.8. The predicted octanol–water partition coefficient (Wildman–Crippen LogP) is 4.45. The Kier molecular flexibility index (Phi) is 7.47. The molecule has 1 amide bonds. The molecule has 3 aliphatic rings. The molecule has 0 spiro atoms. The van der Waals surface area contributed by atoms with E-state index in [4.69, 9.17) is 19.4 Å². The number of likely N-dealkylation sites (tertiary alicyclic amines) is 1. The average molecular weight is 542 g/mol.